The summed E-state index contributed by atoms with van der Waals surface area (Å²) in [7, 11) is 0. The van der Waals surface area contributed by atoms with Gasteiger partial charge in [-0.15, -0.1) is 0 Å². The first-order valence-corrected chi connectivity index (χ1v) is 26.9. The SMILES string of the molecule is CCCC[C@H](NC(C)=O)C(=O)N[C@H]1CC(=O)NCCCC[C@@H](C(N)=O)NC(=O)[C@H](Cc2c[nH]c3ccccc23)NC(=O)[C@@H]2CCCCN2C(=O)[C@@H](Cc2ccc3ccccc3c2)NC(=O)[C@H]2Cc3ccccc3CN2C1=O. The summed E-state index contributed by atoms with van der Waals surface area (Å²) >= 11 is 0. The third-order valence-corrected chi connectivity index (χ3v) is 15.0. The van der Waals surface area contributed by atoms with Crippen molar-refractivity contribution in [2.45, 2.75) is 146 Å². The van der Waals surface area contributed by atoms with Gasteiger partial charge in [0, 0.05) is 62.9 Å². The Morgan fingerprint density at radius 3 is 2.21 bits per heavy atom. The van der Waals surface area contributed by atoms with Gasteiger partial charge in [-0.3, -0.25) is 43.2 Å². The predicted molar refractivity (Wildman–Crippen MR) is 289 cm³/mol. The molecule has 4 aromatic carbocycles. The number of hydrogen-bond acceptors (Lipinski definition) is 9. The zero-order chi connectivity index (χ0) is 54.6. The molecule has 0 unspecified atom stereocenters. The minimum Gasteiger partial charge on any atom is -0.368 e. The summed E-state index contributed by atoms with van der Waals surface area (Å²) in [5, 5.41) is 19.7. The lowest BCUT2D eigenvalue weighted by molar-refractivity contribution is -0.148. The number of nitrogens with two attached hydrogens (primary N) is 1. The van der Waals surface area contributed by atoms with E-state index >= 15 is 14.4 Å². The molecule has 0 spiro atoms. The third kappa shape index (κ3) is 13.9. The highest BCUT2D eigenvalue weighted by Gasteiger charge is 2.43. The van der Waals surface area contributed by atoms with Crippen LogP contribution in [0, 0.1) is 0 Å². The monoisotopic (exact) mass is 1050 g/mol. The van der Waals surface area contributed by atoms with E-state index in [1.54, 1.807) is 6.20 Å². The van der Waals surface area contributed by atoms with Crippen LogP contribution in [0.5, 0.6) is 0 Å². The summed E-state index contributed by atoms with van der Waals surface area (Å²) in [5.41, 5.74) is 9.65. The van der Waals surface area contributed by atoms with E-state index in [-0.39, 0.29) is 58.2 Å². The van der Waals surface area contributed by atoms with Gasteiger partial charge in [0.05, 0.1) is 6.42 Å². The molecule has 0 aliphatic carbocycles. The Bertz CT molecular complexity index is 3010. The van der Waals surface area contributed by atoms with Gasteiger partial charge in [0.15, 0.2) is 0 Å². The van der Waals surface area contributed by atoms with E-state index < -0.39 is 102 Å². The van der Waals surface area contributed by atoms with Crippen molar-refractivity contribution in [2.75, 3.05) is 13.1 Å². The molecule has 19 nitrogen and oxygen atoms in total. The molecule has 2 fully saturated rings. The average Bonchev–Trinajstić information content (AvgIpc) is 3.84. The molecule has 0 radical (unpaired) electrons. The number of fused-ring (bicyclic) bond motifs is 5. The molecular formula is C58H70N10O9. The van der Waals surface area contributed by atoms with Crippen LogP contribution in [0.15, 0.2) is 97.2 Å². The lowest BCUT2D eigenvalue weighted by atomic mass is 9.91. The molecule has 77 heavy (non-hydrogen) atoms. The summed E-state index contributed by atoms with van der Waals surface area (Å²) in [6.07, 6.45) is 4.96. The highest BCUT2D eigenvalue weighted by molar-refractivity contribution is 5.99. The number of rotatable bonds is 11. The molecule has 406 valence electrons. The Balaban J connectivity index is 1.18. The van der Waals surface area contributed by atoms with Crippen molar-refractivity contribution in [3.8, 4) is 0 Å². The molecule has 0 saturated carbocycles. The number of para-hydroxylation sites is 1. The Kier molecular flexibility index (Phi) is 18.4. The van der Waals surface area contributed by atoms with Gasteiger partial charge in [-0.1, -0.05) is 105 Å². The number of carbonyl (C=O) groups is 9. The lowest BCUT2D eigenvalue weighted by Gasteiger charge is -2.40. The predicted octanol–water partition coefficient (Wildman–Crippen LogP) is 3.25. The first kappa shape index (κ1) is 55.2. The van der Waals surface area contributed by atoms with Crippen LogP contribution in [0.25, 0.3) is 21.7 Å². The summed E-state index contributed by atoms with van der Waals surface area (Å²) in [6.45, 7) is 3.39. The second kappa shape index (κ2) is 25.6. The van der Waals surface area contributed by atoms with Crippen LogP contribution in [0.4, 0.5) is 0 Å². The van der Waals surface area contributed by atoms with Crippen molar-refractivity contribution in [3.05, 3.63) is 119 Å². The molecule has 0 bridgehead atoms. The molecule has 5 aromatic rings. The molecule has 9 N–H and O–H groups in total. The average molecular weight is 1050 g/mol. The van der Waals surface area contributed by atoms with Gasteiger partial charge in [-0.25, -0.2) is 0 Å². The molecule has 8 rings (SSSR count). The number of hydrogen-bond donors (Lipinski definition) is 8. The number of carbonyl (C=O) groups excluding carboxylic acids is 9. The largest absolute Gasteiger partial charge is 0.368 e. The highest BCUT2D eigenvalue weighted by Crippen LogP contribution is 2.27. The van der Waals surface area contributed by atoms with Crippen molar-refractivity contribution < 1.29 is 43.2 Å². The number of aromatic nitrogens is 1. The van der Waals surface area contributed by atoms with E-state index in [1.807, 2.05) is 97.9 Å². The quantitative estimate of drug-likeness (QED) is 0.0964. The zero-order valence-electron chi connectivity index (χ0n) is 43.7. The smallest absolute Gasteiger partial charge is 0.246 e. The minimum atomic E-state index is -1.50. The number of benzene rings is 4. The maximum Gasteiger partial charge on any atom is 0.246 e. The molecule has 4 heterocycles. The van der Waals surface area contributed by atoms with E-state index in [4.69, 9.17) is 5.73 Å². The number of primary amides is 1. The Labute approximate surface area is 447 Å². The van der Waals surface area contributed by atoms with E-state index in [2.05, 4.69) is 36.9 Å². The van der Waals surface area contributed by atoms with Crippen molar-refractivity contribution in [3.63, 3.8) is 0 Å². The van der Waals surface area contributed by atoms with Crippen molar-refractivity contribution in [1.82, 2.24) is 46.7 Å². The van der Waals surface area contributed by atoms with Crippen molar-refractivity contribution in [2.24, 2.45) is 5.73 Å². The van der Waals surface area contributed by atoms with Crippen LogP contribution in [0.2, 0.25) is 0 Å². The van der Waals surface area contributed by atoms with Crippen LogP contribution in [-0.2, 0) is 69.0 Å². The zero-order valence-corrected chi connectivity index (χ0v) is 43.7. The maximum atomic E-state index is 15.4. The van der Waals surface area contributed by atoms with Crippen LogP contribution in [-0.4, -0.2) is 123 Å². The number of amides is 9. The minimum absolute atomic E-state index is 0.00124. The Morgan fingerprint density at radius 2 is 1.43 bits per heavy atom. The molecule has 2 saturated heterocycles. The van der Waals surface area contributed by atoms with E-state index in [1.165, 1.54) is 16.7 Å². The fraction of sp³-hybridized carbons (Fsp3) is 0.431. The lowest BCUT2D eigenvalue weighted by Crippen LogP contribution is -2.63. The van der Waals surface area contributed by atoms with Gasteiger partial charge < -0.3 is 52.4 Å². The molecule has 9 amide bonds. The van der Waals surface area contributed by atoms with Crippen LogP contribution in [0.1, 0.15) is 100 Å². The molecule has 1 aromatic heterocycles. The molecule has 3 aliphatic heterocycles. The van der Waals surface area contributed by atoms with E-state index in [0.29, 0.717) is 44.1 Å². The number of nitrogens with zero attached hydrogens (tertiary/aromatic N) is 2. The molecule has 7 atom stereocenters. The number of piperidine rings is 1. The summed E-state index contributed by atoms with van der Waals surface area (Å²) in [4.78, 5) is 134. The van der Waals surface area contributed by atoms with E-state index in [9.17, 15) is 28.8 Å². The second-order valence-corrected chi connectivity index (χ2v) is 20.5. The Morgan fingerprint density at radius 1 is 0.714 bits per heavy atom. The number of nitrogens with one attached hydrogen (secondary N) is 7. The van der Waals surface area contributed by atoms with Crippen LogP contribution in [0.3, 0.4) is 0 Å². The topological polar surface area (TPSA) is 274 Å². The standard InChI is InChI=1S/C58H70N10O9/c1-3-4-20-45(62-35(2)69)53(72)65-48-32-51(70)60-26-13-11-22-44(52(59)71)63-54(73)46(30-41-33-61-43-21-10-9-19-42(41)43)64-55(74)49-23-12-14-27-67(49)57(76)47(29-36-24-25-37-15-5-6-16-38(37)28-36)66-56(75)50-31-39-17-7-8-18-40(39)34-68(50)58(48)77/h5-10,15-19,21,24-25,28,33,44-50,61H,3-4,11-14,20,22-23,26-27,29-32,34H2,1-2H3,(H2,59,71)(H,60,70)(H,62,69)(H,63,73)(H,64,74)(H,65,72)(H,66,75)/t44-,45-,46-,47+,48-,49-,50+/m0/s1. The number of unbranched alkanes of at least 4 members (excludes halogenated alkanes) is 1. The summed E-state index contributed by atoms with van der Waals surface area (Å²) < 4.78 is 0. The van der Waals surface area contributed by atoms with Gasteiger partial charge in [0.25, 0.3) is 0 Å². The third-order valence-electron chi connectivity index (χ3n) is 15.0. The first-order chi connectivity index (χ1) is 37.2. The summed E-state index contributed by atoms with van der Waals surface area (Å²) in [5.74, 6) is -5.76. The van der Waals surface area contributed by atoms with Crippen molar-refractivity contribution >= 4 is 74.8 Å². The molecule has 3 aliphatic rings. The van der Waals surface area contributed by atoms with Gasteiger partial charge in [0.1, 0.15) is 42.3 Å². The first-order valence-electron chi connectivity index (χ1n) is 26.9. The van der Waals surface area contributed by atoms with Gasteiger partial charge >= 0.3 is 0 Å². The fourth-order valence-corrected chi connectivity index (χ4v) is 10.8. The Hall–Kier alpha value is -8.09. The van der Waals surface area contributed by atoms with Gasteiger partial charge in [-0.2, -0.15) is 0 Å². The van der Waals surface area contributed by atoms with Crippen LogP contribution < -0.4 is 37.6 Å². The number of aromatic amines is 1. The molecular weight excluding hydrogens is 981 g/mol. The number of H-pyrrole nitrogens is 1. The fourth-order valence-electron chi connectivity index (χ4n) is 10.8. The molecule has 19 heteroatoms. The van der Waals surface area contributed by atoms with E-state index in [0.717, 1.165) is 38.4 Å². The van der Waals surface area contributed by atoms with Crippen LogP contribution >= 0.6 is 0 Å². The normalized spacial score (nSPS) is 22.8. The van der Waals surface area contributed by atoms with Gasteiger partial charge in [-0.05, 0) is 84.0 Å². The van der Waals surface area contributed by atoms with Gasteiger partial charge in [0.2, 0.25) is 53.2 Å². The second-order valence-electron chi connectivity index (χ2n) is 20.5. The summed E-state index contributed by atoms with van der Waals surface area (Å²) in [6, 6.07) is 19.9. The maximum absolute atomic E-state index is 15.4. The van der Waals surface area contributed by atoms with Crippen molar-refractivity contribution in [1.29, 1.82) is 0 Å². The highest BCUT2D eigenvalue weighted by atomic mass is 16.2.